The zero-order chi connectivity index (χ0) is 16.1. The minimum Gasteiger partial charge on any atom is -0.614 e. The van der Waals surface area contributed by atoms with Crippen molar-refractivity contribution in [2.24, 2.45) is 0 Å². The first kappa shape index (κ1) is 17.1. The number of rotatable bonds is 6. The summed E-state index contributed by atoms with van der Waals surface area (Å²) in [7, 11) is -3.20. The summed E-state index contributed by atoms with van der Waals surface area (Å²) < 4.78 is 53.6. The molecule has 2 rings (SSSR count). The molecule has 22 heavy (non-hydrogen) atoms. The lowest BCUT2D eigenvalue weighted by atomic mass is 10.0. The third-order valence-electron chi connectivity index (χ3n) is 2.91. The van der Waals surface area contributed by atoms with Crippen molar-refractivity contribution >= 4 is 19.4 Å². The summed E-state index contributed by atoms with van der Waals surface area (Å²) in [4.78, 5) is 8.69. The van der Waals surface area contributed by atoms with Crippen LogP contribution in [0.2, 0.25) is 0 Å². The first-order valence-corrected chi connectivity index (χ1v) is 8.86. The Morgan fingerprint density at radius 2 is 1.45 bits per heavy atom. The fourth-order valence-electron chi connectivity index (χ4n) is 1.95. The van der Waals surface area contributed by atoms with Gasteiger partial charge in [0.05, 0.1) is 0 Å². The molecule has 0 radical (unpaired) electrons. The van der Waals surface area contributed by atoms with Crippen LogP contribution in [0.1, 0.15) is 16.4 Å². The van der Waals surface area contributed by atoms with E-state index in [1.54, 1.807) is 0 Å². The molecule has 1 N–H and O–H groups in total. The van der Waals surface area contributed by atoms with Gasteiger partial charge >= 0.3 is 8.25 Å². The van der Waals surface area contributed by atoms with Crippen LogP contribution in [0.4, 0.5) is 8.78 Å². The van der Waals surface area contributed by atoms with Gasteiger partial charge in [-0.2, -0.15) is 0 Å². The number of hydrogen-bond acceptors (Lipinski definition) is 3. The van der Waals surface area contributed by atoms with E-state index < -0.39 is 42.3 Å². The summed E-state index contributed by atoms with van der Waals surface area (Å²) in [6.07, 6.45) is 0. The van der Waals surface area contributed by atoms with Gasteiger partial charge < -0.3 is 9.45 Å². The Kier molecular flexibility index (Phi) is 6.11. The van der Waals surface area contributed by atoms with Crippen LogP contribution in [0.15, 0.2) is 48.5 Å². The molecule has 0 saturated heterocycles. The molecule has 118 valence electrons. The average molecular weight is 346 g/mol. The highest BCUT2D eigenvalue weighted by molar-refractivity contribution is 7.91. The second-order valence-electron chi connectivity index (χ2n) is 4.39. The molecule has 2 aromatic rings. The maximum atomic E-state index is 13.0. The summed E-state index contributed by atoms with van der Waals surface area (Å²) in [6, 6.07) is 10.7. The van der Waals surface area contributed by atoms with Crippen molar-refractivity contribution in [1.82, 2.24) is 0 Å². The van der Waals surface area contributed by atoms with Gasteiger partial charge in [0.25, 0.3) is 0 Å². The van der Waals surface area contributed by atoms with Gasteiger partial charge in [0.2, 0.25) is 5.94 Å². The van der Waals surface area contributed by atoms with Crippen molar-refractivity contribution in [2.75, 3.05) is 5.94 Å². The molecular weight excluding hydrogens is 333 g/mol. The summed E-state index contributed by atoms with van der Waals surface area (Å²) in [5.74, 6) is -1.33. The van der Waals surface area contributed by atoms with Crippen molar-refractivity contribution in [2.45, 2.75) is 5.25 Å². The van der Waals surface area contributed by atoms with Crippen LogP contribution in [0, 0.1) is 11.6 Å². The monoisotopic (exact) mass is 346 g/mol. The predicted octanol–water partition coefficient (Wildman–Crippen LogP) is 3.16. The van der Waals surface area contributed by atoms with Crippen molar-refractivity contribution in [1.29, 1.82) is 0 Å². The Morgan fingerprint density at radius 3 is 1.82 bits per heavy atom. The third kappa shape index (κ3) is 4.63. The first-order valence-electron chi connectivity index (χ1n) is 6.21. The van der Waals surface area contributed by atoms with Crippen molar-refractivity contribution in [3.63, 3.8) is 0 Å². The maximum Gasteiger partial charge on any atom is 0.320 e. The smallest absolute Gasteiger partial charge is 0.320 e. The Morgan fingerprint density at radius 1 is 1.05 bits per heavy atom. The molecule has 2 aromatic carbocycles. The van der Waals surface area contributed by atoms with Crippen LogP contribution in [0.25, 0.3) is 0 Å². The van der Waals surface area contributed by atoms with Gasteiger partial charge in [-0.05, 0) is 35.4 Å². The molecule has 0 spiro atoms. The van der Waals surface area contributed by atoms with E-state index in [9.17, 15) is 17.9 Å². The van der Waals surface area contributed by atoms with Crippen molar-refractivity contribution < 1.29 is 27.3 Å². The Hall–Kier alpha value is -1.24. The fourth-order valence-corrected chi connectivity index (χ4v) is 3.87. The van der Waals surface area contributed by atoms with E-state index in [-0.39, 0.29) is 0 Å². The zero-order valence-corrected chi connectivity index (χ0v) is 13.1. The second-order valence-corrected chi connectivity index (χ2v) is 6.68. The van der Waals surface area contributed by atoms with E-state index in [1.807, 2.05) is 0 Å². The maximum absolute atomic E-state index is 13.0. The van der Waals surface area contributed by atoms with Gasteiger partial charge in [0.1, 0.15) is 11.6 Å². The third-order valence-corrected chi connectivity index (χ3v) is 4.93. The molecular formula is C14H13F2O4PS. The summed E-state index contributed by atoms with van der Waals surface area (Å²) in [5.41, 5.74) is 1.07. The number of hydrogen-bond donors (Lipinski definition) is 1. The van der Waals surface area contributed by atoms with Gasteiger partial charge in [0.15, 0.2) is 5.25 Å². The number of halogens is 2. The Bertz CT molecular complexity index is 591. The minimum absolute atomic E-state index is 0.441. The SMILES string of the molecule is O=[PH](O)OC[S@@+]([O-])C(c1ccc(F)cc1)c1ccc(F)cc1. The topological polar surface area (TPSA) is 69.6 Å². The van der Waals surface area contributed by atoms with Crippen molar-refractivity contribution in [3.8, 4) is 0 Å². The Labute approximate surface area is 129 Å². The molecule has 2 atom stereocenters. The Balaban J connectivity index is 2.33. The van der Waals surface area contributed by atoms with Gasteiger partial charge in [-0.25, -0.2) is 8.78 Å². The minimum atomic E-state index is -3.20. The zero-order valence-electron chi connectivity index (χ0n) is 11.2. The normalized spacial score (nSPS) is 14.0. The molecule has 1 unspecified atom stereocenters. The molecule has 0 aliphatic rings. The highest BCUT2D eigenvalue weighted by Crippen LogP contribution is 2.32. The molecule has 0 fully saturated rings. The van der Waals surface area contributed by atoms with Gasteiger partial charge in [-0.3, -0.25) is 9.09 Å². The summed E-state index contributed by atoms with van der Waals surface area (Å²) >= 11 is -1.70. The van der Waals surface area contributed by atoms with Crippen LogP contribution in [0.3, 0.4) is 0 Å². The van der Waals surface area contributed by atoms with Crippen LogP contribution in [0.5, 0.6) is 0 Å². The number of benzene rings is 2. The van der Waals surface area contributed by atoms with Crippen molar-refractivity contribution in [3.05, 3.63) is 71.3 Å². The standard InChI is InChI=1S/C14H13F2O4PS/c15-12-5-1-10(2-6-12)14(22(19)9-20-21(17)18)11-3-7-13(16)8-4-11/h1-8,14,21H,9H2,(H,17,18)/t22-/m1/s1. The lowest BCUT2D eigenvalue weighted by Gasteiger charge is -2.22. The van der Waals surface area contributed by atoms with E-state index in [0.717, 1.165) is 0 Å². The van der Waals surface area contributed by atoms with E-state index in [0.29, 0.717) is 11.1 Å². The molecule has 0 heterocycles. The molecule has 0 bridgehead atoms. The highest BCUT2D eigenvalue weighted by Gasteiger charge is 2.27. The summed E-state index contributed by atoms with van der Waals surface area (Å²) in [6.45, 7) is 0. The average Bonchev–Trinajstić information content (AvgIpc) is 2.49. The molecule has 0 aliphatic heterocycles. The molecule has 8 heteroatoms. The van der Waals surface area contributed by atoms with Crippen LogP contribution in [-0.2, 0) is 20.3 Å². The molecule has 0 aromatic heterocycles. The lowest BCUT2D eigenvalue weighted by Crippen LogP contribution is -2.19. The largest absolute Gasteiger partial charge is 0.614 e. The van der Waals surface area contributed by atoms with E-state index in [1.165, 1.54) is 48.5 Å². The van der Waals surface area contributed by atoms with E-state index in [2.05, 4.69) is 4.52 Å². The van der Waals surface area contributed by atoms with Gasteiger partial charge in [-0.1, -0.05) is 24.3 Å². The van der Waals surface area contributed by atoms with Crippen LogP contribution in [-0.4, -0.2) is 15.4 Å². The van der Waals surface area contributed by atoms with Gasteiger partial charge in [-0.15, -0.1) is 0 Å². The highest BCUT2D eigenvalue weighted by atomic mass is 32.2. The lowest BCUT2D eigenvalue weighted by molar-refractivity contribution is 0.322. The van der Waals surface area contributed by atoms with E-state index in [4.69, 9.17) is 4.89 Å². The van der Waals surface area contributed by atoms with Crippen LogP contribution >= 0.6 is 8.25 Å². The van der Waals surface area contributed by atoms with E-state index >= 15 is 0 Å². The van der Waals surface area contributed by atoms with Gasteiger partial charge in [0, 0.05) is 11.1 Å². The molecule has 0 aliphatic carbocycles. The molecule has 0 saturated carbocycles. The second kappa shape index (κ2) is 7.85. The predicted molar refractivity (Wildman–Crippen MR) is 80.0 cm³/mol. The fraction of sp³-hybridized carbons (Fsp3) is 0.143. The summed E-state index contributed by atoms with van der Waals surface area (Å²) in [5, 5.41) is -0.720. The molecule has 4 nitrogen and oxygen atoms in total. The quantitative estimate of drug-likeness (QED) is 0.644. The molecule has 0 amide bonds. The van der Waals surface area contributed by atoms with Crippen LogP contribution < -0.4 is 0 Å². The first-order chi connectivity index (χ1) is 10.5.